The van der Waals surface area contributed by atoms with Crippen LogP contribution in [-0.2, 0) is 4.79 Å². The third-order valence-electron chi connectivity index (χ3n) is 6.52. The van der Waals surface area contributed by atoms with Crippen LogP contribution < -0.4 is 0 Å². The van der Waals surface area contributed by atoms with E-state index in [-0.39, 0.29) is 0 Å². The van der Waals surface area contributed by atoms with Crippen LogP contribution in [0.4, 0.5) is 0 Å². The van der Waals surface area contributed by atoms with Crippen molar-refractivity contribution in [3.05, 3.63) is 23.8 Å². The minimum absolute atomic E-state index is 0.348. The fraction of sp³-hybridized carbons (Fsp3) is 0.750. The van der Waals surface area contributed by atoms with Gasteiger partial charge >= 0.3 is 5.97 Å². The number of carbonyl (C=O) groups is 1. The summed E-state index contributed by atoms with van der Waals surface area (Å²) >= 11 is 0. The maximum Gasteiger partial charge on any atom is 0.328 e. The summed E-state index contributed by atoms with van der Waals surface area (Å²) < 4.78 is 0. The predicted octanol–water partition coefficient (Wildman–Crippen LogP) is 5.60. The first-order valence-electron chi connectivity index (χ1n) is 8.74. The van der Waals surface area contributed by atoms with E-state index in [9.17, 15) is 4.79 Å². The number of hydrogen-bond donors (Lipinski definition) is 1. The summed E-state index contributed by atoms with van der Waals surface area (Å²) in [4.78, 5) is 10.8. The fourth-order valence-electron chi connectivity index (χ4n) is 5.46. The standard InChI is InChI=1S/C20H32O2/c1-14(13-18(21)22)7-9-16-15(2)8-10-17-19(3,4)11-6-12-20(16,17)5/h13,16-17H,2,6-12H2,1,3-5H3,(H,21,22)/b14-13+/t16-,17-,20+/m1/s1. The molecular formula is C20H32O2. The Morgan fingerprint density at radius 2 is 2.05 bits per heavy atom. The molecule has 2 fully saturated rings. The molecule has 1 N–H and O–H groups in total. The van der Waals surface area contributed by atoms with Gasteiger partial charge < -0.3 is 5.11 Å². The van der Waals surface area contributed by atoms with Crippen LogP contribution in [0.25, 0.3) is 0 Å². The summed E-state index contributed by atoms with van der Waals surface area (Å²) in [6.45, 7) is 13.7. The second kappa shape index (κ2) is 6.22. The van der Waals surface area contributed by atoms with Gasteiger partial charge in [-0.05, 0) is 68.1 Å². The van der Waals surface area contributed by atoms with Crippen molar-refractivity contribution in [3.63, 3.8) is 0 Å². The molecule has 2 rings (SSSR count). The predicted molar refractivity (Wildman–Crippen MR) is 91.7 cm³/mol. The van der Waals surface area contributed by atoms with E-state index >= 15 is 0 Å². The van der Waals surface area contributed by atoms with Gasteiger partial charge in [-0.3, -0.25) is 0 Å². The molecule has 0 aromatic heterocycles. The SMILES string of the molecule is C=C1CC[C@@H]2C(C)(C)CCC[C@@]2(C)[C@@H]1CC/C(C)=C/C(=O)O. The molecule has 0 saturated heterocycles. The molecule has 2 nitrogen and oxygen atoms in total. The Kier molecular flexibility index (Phi) is 4.89. The van der Waals surface area contributed by atoms with Gasteiger partial charge in [0.05, 0.1) is 0 Å². The van der Waals surface area contributed by atoms with Crippen LogP contribution in [0.15, 0.2) is 23.8 Å². The van der Waals surface area contributed by atoms with Gasteiger partial charge in [0.25, 0.3) is 0 Å². The van der Waals surface area contributed by atoms with E-state index in [1.165, 1.54) is 37.3 Å². The molecule has 2 heteroatoms. The van der Waals surface area contributed by atoms with Gasteiger partial charge in [0.2, 0.25) is 0 Å². The average molecular weight is 304 g/mol. The minimum Gasteiger partial charge on any atom is -0.478 e. The lowest BCUT2D eigenvalue weighted by Gasteiger charge is -2.58. The van der Waals surface area contributed by atoms with Crippen molar-refractivity contribution in [3.8, 4) is 0 Å². The summed E-state index contributed by atoms with van der Waals surface area (Å²) in [6, 6.07) is 0. The molecule has 0 amide bonds. The lowest BCUT2D eigenvalue weighted by molar-refractivity contribution is -0.131. The first kappa shape index (κ1) is 17.3. The molecule has 3 atom stereocenters. The van der Waals surface area contributed by atoms with E-state index in [2.05, 4.69) is 27.4 Å². The van der Waals surface area contributed by atoms with Crippen LogP contribution in [0.1, 0.15) is 72.6 Å². The molecule has 2 saturated carbocycles. The molecule has 2 aliphatic rings. The molecule has 0 bridgehead atoms. The van der Waals surface area contributed by atoms with E-state index in [0.29, 0.717) is 16.7 Å². The van der Waals surface area contributed by atoms with E-state index in [4.69, 9.17) is 5.11 Å². The maximum atomic E-state index is 10.8. The van der Waals surface area contributed by atoms with Gasteiger partial charge in [0, 0.05) is 6.08 Å². The number of carboxylic acid groups (broad SMARTS) is 1. The zero-order valence-electron chi connectivity index (χ0n) is 14.7. The Bertz CT molecular complexity index is 486. The molecular weight excluding hydrogens is 272 g/mol. The summed E-state index contributed by atoms with van der Waals surface area (Å²) in [5.74, 6) is 0.485. The highest BCUT2D eigenvalue weighted by atomic mass is 16.4. The highest BCUT2D eigenvalue weighted by molar-refractivity contribution is 5.80. The summed E-state index contributed by atoms with van der Waals surface area (Å²) in [6.07, 6.45) is 9.66. The summed E-state index contributed by atoms with van der Waals surface area (Å²) in [5.41, 5.74) is 3.15. The molecule has 0 spiro atoms. The molecule has 124 valence electrons. The number of hydrogen-bond acceptors (Lipinski definition) is 1. The number of aliphatic carboxylic acids is 1. The molecule has 0 unspecified atom stereocenters. The summed E-state index contributed by atoms with van der Waals surface area (Å²) in [7, 11) is 0. The lowest BCUT2D eigenvalue weighted by Crippen LogP contribution is -2.49. The second-order valence-corrected chi connectivity index (χ2v) is 8.52. The Labute approximate surface area is 135 Å². The van der Waals surface area contributed by atoms with Crippen molar-refractivity contribution in [2.24, 2.45) is 22.7 Å². The van der Waals surface area contributed by atoms with Crippen molar-refractivity contribution in [1.29, 1.82) is 0 Å². The molecule has 0 radical (unpaired) electrons. The van der Waals surface area contributed by atoms with E-state index in [0.717, 1.165) is 30.8 Å². The third kappa shape index (κ3) is 3.31. The second-order valence-electron chi connectivity index (χ2n) is 8.52. The Balaban J connectivity index is 2.17. The van der Waals surface area contributed by atoms with Crippen LogP contribution in [-0.4, -0.2) is 11.1 Å². The van der Waals surface area contributed by atoms with Gasteiger partial charge in [0.1, 0.15) is 0 Å². The average Bonchev–Trinajstić information content (AvgIpc) is 2.35. The molecule has 0 aliphatic heterocycles. The zero-order chi connectivity index (χ0) is 16.5. The monoisotopic (exact) mass is 304 g/mol. The minimum atomic E-state index is -0.831. The van der Waals surface area contributed by atoms with Gasteiger partial charge in [-0.2, -0.15) is 0 Å². The summed E-state index contributed by atoms with van der Waals surface area (Å²) in [5, 5.41) is 8.89. The van der Waals surface area contributed by atoms with E-state index < -0.39 is 5.97 Å². The maximum absolute atomic E-state index is 10.8. The Morgan fingerprint density at radius 1 is 1.36 bits per heavy atom. The van der Waals surface area contributed by atoms with Crippen LogP contribution >= 0.6 is 0 Å². The zero-order valence-corrected chi connectivity index (χ0v) is 14.7. The largest absolute Gasteiger partial charge is 0.478 e. The molecule has 22 heavy (non-hydrogen) atoms. The van der Waals surface area contributed by atoms with Crippen molar-refractivity contribution < 1.29 is 9.90 Å². The molecule has 0 aromatic carbocycles. The number of fused-ring (bicyclic) bond motifs is 1. The highest BCUT2D eigenvalue weighted by Crippen LogP contribution is 2.61. The number of allylic oxidation sites excluding steroid dienone is 2. The van der Waals surface area contributed by atoms with Crippen LogP contribution in [0.5, 0.6) is 0 Å². The van der Waals surface area contributed by atoms with Crippen molar-refractivity contribution in [1.82, 2.24) is 0 Å². The van der Waals surface area contributed by atoms with Gasteiger partial charge in [-0.25, -0.2) is 4.79 Å². The van der Waals surface area contributed by atoms with Gasteiger partial charge in [-0.1, -0.05) is 44.9 Å². The normalized spacial score (nSPS) is 35.1. The highest BCUT2D eigenvalue weighted by Gasteiger charge is 2.52. The third-order valence-corrected chi connectivity index (χ3v) is 6.52. The first-order chi connectivity index (χ1) is 10.2. The van der Waals surface area contributed by atoms with Crippen LogP contribution in [0, 0.1) is 22.7 Å². The smallest absolute Gasteiger partial charge is 0.328 e. The Morgan fingerprint density at radius 3 is 2.68 bits per heavy atom. The topological polar surface area (TPSA) is 37.3 Å². The van der Waals surface area contributed by atoms with Crippen molar-refractivity contribution in [2.45, 2.75) is 72.6 Å². The van der Waals surface area contributed by atoms with E-state index in [1.54, 1.807) is 0 Å². The van der Waals surface area contributed by atoms with Crippen molar-refractivity contribution in [2.75, 3.05) is 0 Å². The fourth-order valence-corrected chi connectivity index (χ4v) is 5.46. The first-order valence-corrected chi connectivity index (χ1v) is 8.74. The van der Waals surface area contributed by atoms with Crippen LogP contribution in [0.2, 0.25) is 0 Å². The van der Waals surface area contributed by atoms with Gasteiger partial charge in [0.15, 0.2) is 0 Å². The lowest BCUT2D eigenvalue weighted by atomic mass is 9.47. The number of carboxylic acids is 1. The molecule has 0 aromatic rings. The van der Waals surface area contributed by atoms with Crippen molar-refractivity contribution >= 4 is 5.97 Å². The quantitative estimate of drug-likeness (QED) is 0.542. The van der Waals surface area contributed by atoms with Crippen LogP contribution in [0.3, 0.4) is 0 Å². The van der Waals surface area contributed by atoms with Gasteiger partial charge in [-0.15, -0.1) is 0 Å². The van der Waals surface area contributed by atoms with E-state index in [1.807, 2.05) is 6.92 Å². The molecule has 2 aliphatic carbocycles. The molecule has 0 heterocycles. The Hall–Kier alpha value is -1.05. The number of rotatable bonds is 4.